The molecule has 1 aromatic rings. The van der Waals surface area contributed by atoms with E-state index in [0.29, 0.717) is 5.56 Å². The summed E-state index contributed by atoms with van der Waals surface area (Å²) in [7, 11) is -4.08. The number of rotatable bonds is 6. The fourth-order valence-corrected chi connectivity index (χ4v) is 3.28. The highest BCUT2D eigenvalue weighted by Crippen LogP contribution is 2.27. The molecule has 0 saturated heterocycles. The van der Waals surface area contributed by atoms with Crippen LogP contribution in [0.15, 0.2) is 17.0 Å². The van der Waals surface area contributed by atoms with Gasteiger partial charge in [-0.3, -0.25) is 4.79 Å². The molecule has 118 valence electrons. The van der Waals surface area contributed by atoms with Crippen LogP contribution in [-0.2, 0) is 19.6 Å². The van der Waals surface area contributed by atoms with Gasteiger partial charge in [0, 0.05) is 10.0 Å². The third kappa shape index (κ3) is 4.55. The zero-order valence-corrected chi connectivity index (χ0v) is 13.7. The van der Waals surface area contributed by atoms with Crippen molar-refractivity contribution < 1.29 is 23.1 Å². The van der Waals surface area contributed by atoms with Gasteiger partial charge in [-0.15, -0.1) is 0 Å². The van der Waals surface area contributed by atoms with E-state index in [2.05, 4.69) is 4.74 Å². The topological polar surface area (TPSA) is 92.7 Å². The van der Waals surface area contributed by atoms with Crippen molar-refractivity contribution >= 4 is 39.2 Å². The van der Waals surface area contributed by atoms with Crippen molar-refractivity contribution in [2.24, 2.45) is 0 Å². The lowest BCUT2D eigenvalue weighted by Crippen LogP contribution is -2.44. The molecule has 6 nitrogen and oxygen atoms in total. The molecule has 0 amide bonds. The Bertz CT molecular complexity index is 610. The van der Waals surface area contributed by atoms with E-state index in [-0.39, 0.29) is 21.5 Å². The Hall–Kier alpha value is -0.860. The van der Waals surface area contributed by atoms with Crippen molar-refractivity contribution in [2.45, 2.75) is 24.8 Å². The minimum atomic E-state index is -4.08. The van der Waals surface area contributed by atoms with Crippen LogP contribution in [0.1, 0.15) is 12.5 Å². The average molecular weight is 356 g/mol. The number of aliphatic hydroxyl groups excluding tert-OH is 1. The van der Waals surface area contributed by atoms with Crippen molar-refractivity contribution in [1.29, 1.82) is 0 Å². The highest BCUT2D eigenvalue weighted by Gasteiger charge is 2.27. The van der Waals surface area contributed by atoms with Crippen molar-refractivity contribution in [3.8, 4) is 0 Å². The van der Waals surface area contributed by atoms with E-state index >= 15 is 0 Å². The number of halogens is 2. The summed E-state index contributed by atoms with van der Waals surface area (Å²) >= 11 is 11.8. The summed E-state index contributed by atoms with van der Waals surface area (Å²) in [5, 5.41) is 9.47. The second kappa shape index (κ2) is 7.42. The van der Waals surface area contributed by atoms with Crippen LogP contribution in [0.4, 0.5) is 0 Å². The van der Waals surface area contributed by atoms with Crippen LogP contribution in [0, 0.1) is 6.92 Å². The smallest absolute Gasteiger partial charge is 0.326 e. The first kappa shape index (κ1) is 18.2. The Balaban J connectivity index is 3.08. The number of carbonyl (C=O) groups is 1. The van der Waals surface area contributed by atoms with Gasteiger partial charge in [0.15, 0.2) is 0 Å². The number of sulfonamides is 1. The van der Waals surface area contributed by atoms with Crippen LogP contribution in [0.3, 0.4) is 0 Å². The minimum absolute atomic E-state index is 0.0687. The first-order valence-corrected chi connectivity index (χ1v) is 8.22. The molecule has 0 aliphatic rings. The number of hydrogen-bond acceptors (Lipinski definition) is 5. The summed E-state index contributed by atoms with van der Waals surface area (Å²) in [4.78, 5) is 11.3. The third-order valence-corrected chi connectivity index (χ3v) is 4.85. The molecular formula is C12H15Cl2NO5S. The molecule has 0 aromatic heterocycles. The molecule has 0 saturated carbocycles. The maximum atomic E-state index is 12.2. The van der Waals surface area contributed by atoms with Gasteiger partial charge >= 0.3 is 5.97 Å². The van der Waals surface area contributed by atoms with Gasteiger partial charge in [-0.25, -0.2) is 8.42 Å². The Labute approximate surface area is 133 Å². The van der Waals surface area contributed by atoms with Gasteiger partial charge < -0.3 is 9.84 Å². The predicted molar refractivity (Wildman–Crippen MR) is 79.0 cm³/mol. The summed E-state index contributed by atoms with van der Waals surface area (Å²) < 4.78 is 31.1. The van der Waals surface area contributed by atoms with E-state index in [1.54, 1.807) is 13.8 Å². The van der Waals surface area contributed by atoms with E-state index in [0.717, 1.165) is 0 Å². The molecule has 0 radical (unpaired) electrons. The number of aliphatic hydroxyl groups is 1. The lowest BCUT2D eigenvalue weighted by atomic mass is 10.2. The van der Waals surface area contributed by atoms with Gasteiger partial charge in [0.25, 0.3) is 0 Å². The maximum Gasteiger partial charge on any atom is 0.326 e. The third-order valence-electron chi connectivity index (χ3n) is 2.62. The van der Waals surface area contributed by atoms with Crippen molar-refractivity contribution in [3.05, 3.63) is 27.7 Å². The van der Waals surface area contributed by atoms with Crippen LogP contribution in [-0.4, -0.2) is 38.7 Å². The number of nitrogens with one attached hydrogen (secondary N) is 1. The molecule has 0 heterocycles. The molecule has 0 aliphatic carbocycles. The average Bonchev–Trinajstić information content (AvgIpc) is 2.41. The first-order chi connectivity index (χ1) is 9.72. The van der Waals surface area contributed by atoms with Gasteiger partial charge in [-0.1, -0.05) is 23.2 Å². The normalized spacial score (nSPS) is 13.0. The summed E-state index contributed by atoms with van der Waals surface area (Å²) in [6, 6.07) is 1.03. The van der Waals surface area contributed by atoms with E-state index in [4.69, 9.17) is 28.3 Å². The van der Waals surface area contributed by atoms with Crippen LogP contribution in [0.2, 0.25) is 10.0 Å². The van der Waals surface area contributed by atoms with E-state index in [1.807, 2.05) is 4.72 Å². The highest BCUT2D eigenvalue weighted by molar-refractivity contribution is 7.89. The molecule has 2 N–H and O–H groups in total. The SMILES string of the molecule is CCOC(=O)C(CO)NS(=O)(=O)c1cc(Cl)c(C)c(Cl)c1. The molecule has 1 unspecified atom stereocenters. The molecule has 1 atom stereocenters. The molecule has 9 heteroatoms. The largest absolute Gasteiger partial charge is 0.465 e. The number of esters is 1. The number of carbonyl (C=O) groups excluding carboxylic acids is 1. The number of ether oxygens (including phenoxy) is 1. The van der Waals surface area contributed by atoms with Gasteiger partial charge in [0.05, 0.1) is 18.1 Å². The van der Waals surface area contributed by atoms with Crippen molar-refractivity contribution in [1.82, 2.24) is 4.72 Å². The molecule has 0 spiro atoms. The van der Waals surface area contributed by atoms with Crippen LogP contribution >= 0.6 is 23.2 Å². The van der Waals surface area contributed by atoms with E-state index < -0.39 is 28.6 Å². The maximum absolute atomic E-state index is 12.2. The predicted octanol–water partition coefficient (Wildman–Crippen LogP) is 1.50. The second-order valence-electron chi connectivity index (χ2n) is 4.12. The van der Waals surface area contributed by atoms with Gasteiger partial charge in [-0.2, -0.15) is 4.72 Å². The van der Waals surface area contributed by atoms with Gasteiger partial charge in [0.1, 0.15) is 6.04 Å². The summed E-state index contributed by atoms with van der Waals surface area (Å²) in [6.45, 7) is 2.55. The lowest BCUT2D eigenvalue weighted by molar-refractivity contribution is -0.146. The summed E-state index contributed by atoms with van der Waals surface area (Å²) in [5.74, 6) is -0.868. The van der Waals surface area contributed by atoms with E-state index in [9.17, 15) is 13.2 Å². The monoisotopic (exact) mass is 355 g/mol. The molecular weight excluding hydrogens is 341 g/mol. The Kier molecular flexibility index (Phi) is 6.42. The minimum Gasteiger partial charge on any atom is -0.465 e. The highest BCUT2D eigenvalue weighted by atomic mass is 35.5. The lowest BCUT2D eigenvalue weighted by Gasteiger charge is -2.15. The number of hydrogen-bond donors (Lipinski definition) is 2. The van der Waals surface area contributed by atoms with Crippen molar-refractivity contribution in [3.63, 3.8) is 0 Å². The molecule has 21 heavy (non-hydrogen) atoms. The quantitative estimate of drug-likeness (QED) is 0.754. The van der Waals surface area contributed by atoms with Crippen molar-refractivity contribution in [2.75, 3.05) is 13.2 Å². The van der Waals surface area contributed by atoms with Crippen LogP contribution in [0.25, 0.3) is 0 Å². The zero-order chi connectivity index (χ0) is 16.2. The fraction of sp³-hybridized carbons (Fsp3) is 0.417. The zero-order valence-electron chi connectivity index (χ0n) is 11.4. The first-order valence-electron chi connectivity index (χ1n) is 5.98. The molecule has 0 fully saturated rings. The van der Waals surface area contributed by atoms with Gasteiger partial charge in [-0.05, 0) is 31.5 Å². The standard InChI is InChI=1S/C12H15Cl2NO5S/c1-3-20-12(17)11(6-16)15-21(18,19)8-4-9(13)7(2)10(14)5-8/h4-5,11,15-16H,3,6H2,1-2H3. The molecule has 1 rings (SSSR count). The fourth-order valence-electron chi connectivity index (χ4n) is 1.44. The Morgan fingerprint density at radius 3 is 2.33 bits per heavy atom. The Morgan fingerprint density at radius 1 is 1.38 bits per heavy atom. The van der Waals surface area contributed by atoms with Crippen LogP contribution in [0.5, 0.6) is 0 Å². The molecule has 0 bridgehead atoms. The van der Waals surface area contributed by atoms with Gasteiger partial charge in [0.2, 0.25) is 10.0 Å². The molecule has 1 aromatic carbocycles. The second-order valence-corrected chi connectivity index (χ2v) is 6.65. The summed E-state index contributed by atoms with van der Waals surface area (Å²) in [5.41, 5.74) is 0.543. The number of benzene rings is 1. The Morgan fingerprint density at radius 2 is 1.90 bits per heavy atom. The molecule has 0 aliphatic heterocycles. The van der Waals surface area contributed by atoms with Crippen LogP contribution < -0.4 is 4.72 Å². The van der Waals surface area contributed by atoms with E-state index in [1.165, 1.54) is 12.1 Å². The summed E-state index contributed by atoms with van der Waals surface area (Å²) in [6.07, 6.45) is 0.